The molecule has 0 spiro atoms. The number of halogens is 1. The minimum atomic E-state index is 0.220. The Bertz CT molecular complexity index is 931. The van der Waals surface area contributed by atoms with E-state index >= 15 is 0 Å². The average Bonchev–Trinajstić information content (AvgIpc) is 2.88. The van der Waals surface area contributed by atoms with E-state index in [-0.39, 0.29) is 6.10 Å². The third-order valence-corrected chi connectivity index (χ3v) is 5.21. The Hall–Kier alpha value is -2.00. The maximum Gasteiger partial charge on any atom is 0.147 e. The first-order chi connectivity index (χ1) is 12.3. The van der Waals surface area contributed by atoms with Crippen LogP contribution >= 0.6 is 11.6 Å². The summed E-state index contributed by atoms with van der Waals surface area (Å²) in [5.41, 5.74) is 7.66. The van der Waals surface area contributed by atoms with Crippen LogP contribution in [0.25, 0.3) is 22.2 Å². The summed E-state index contributed by atoms with van der Waals surface area (Å²) in [7, 11) is 2.06. The van der Waals surface area contributed by atoms with Crippen LogP contribution in [-0.4, -0.2) is 15.7 Å². The van der Waals surface area contributed by atoms with Crippen molar-refractivity contribution in [2.24, 2.45) is 7.05 Å². The molecule has 0 aliphatic heterocycles. The van der Waals surface area contributed by atoms with Gasteiger partial charge < -0.3 is 9.30 Å². The van der Waals surface area contributed by atoms with Crippen LogP contribution in [0.2, 0.25) is 5.02 Å². The molecule has 4 heteroatoms. The molecule has 0 fully saturated rings. The maximum absolute atomic E-state index is 6.33. The summed E-state index contributed by atoms with van der Waals surface area (Å²) in [6, 6.07) is 6.08. The number of rotatable bonds is 5. The van der Waals surface area contributed by atoms with Crippen molar-refractivity contribution in [3.63, 3.8) is 0 Å². The number of fused-ring (bicyclic) bond motifs is 1. The first kappa shape index (κ1) is 18.8. The van der Waals surface area contributed by atoms with E-state index in [0.29, 0.717) is 0 Å². The highest BCUT2D eigenvalue weighted by molar-refractivity contribution is 6.30. The number of aromatic nitrogens is 2. The molecule has 0 aliphatic carbocycles. The zero-order valence-corrected chi connectivity index (χ0v) is 17.2. The van der Waals surface area contributed by atoms with E-state index in [4.69, 9.17) is 21.3 Å². The molecule has 0 saturated carbocycles. The van der Waals surface area contributed by atoms with E-state index in [1.54, 1.807) is 0 Å². The molecule has 26 heavy (non-hydrogen) atoms. The standard InChI is InChI=1S/C22H27ClN2O/c1-7-17(8-2)26-19-11-15(5)24-21-18(12-25(6)22(19)21)20-13(3)9-16(23)10-14(20)4/h9-12,17H,7-8H2,1-6H3. The molecule has 3 aromatic rings. The lowest BCUT2D eigenvalue weighted by Gasteiger charge is -2.17. The predicted octanol–water partition coefficient (Wildman–Crippen LogP) is 6.39. The summed E-state index contributed by atoms with van der Waals surface area (Å²) in [6.07, 6.45) is 4.36. The zero-order chi connectivity index (χ0) is 19.0. The van der Waals surface area contributed by atoms with Crippen molar-refractivity contribution in [1.82, 2.24) is 9.55 Å². The van der Waals surface area contributed by atoms with Crippen LogP contribution in [0.5, 0.6) is 5.75 Å². The minimum absolute atomic E-state index is 0.220. The molecule has 1 aromatic carbocycles. The van der Waals surface area contributed by atoms with Gasteiger partial charge in [0, 0.05) is 35.6 Å². The van der Waals surface area contributed by atoms with Gasteiger partial charge in [-0.05, 0) is 62.4 Å². The summed E-state index contributed by atoms with van der Waals surface area (Å²) in [5.74, 6) is 0.916. The molecule has 0 amide bonds. The molecule has 0 saturated heterocycles. The Balaban J connectivity index is 2.26. The average molecular weight is 371 g/mol. The van der Waals surface area contributed by atoms with Crippen LogP contribution in [0, 0.1) is 20.8 Å². The smallest absolute Gasteiger partial charge is 0.147 e. The number of nitrogens with zero attached hydrogens (tertiary/aromatic N) is 2. The van der Waals surface area contributed by atoms with Crippen molar-refractivity contribution in [1.29, 1.82) is 0 Å². The lowest BCUT2D eigenvalue weighted by atomic mass is 9.97. The third-order valence-electron chi connectivity index (χ3n) is 4.99. The first-order valence-electron chi connectivity index (χ1n) is 9.26. The molecule has 0 bridgehead atoms. The van der Waals surface area contributed by atoms with Crippen LogP contribution in [0.1, 0.15) is 43.5 Å². The molecule has 3 nitrogen and oxygen atoms in total. The second-order valence-electron chi connectivity index (χ2n) is 7.08. The van der Waals surface area contributed by atoms with Crippen LogP contribution in [0.3, 0.4) is 0 Å². The third kappa shape index (κ3) is 3.33. The normalized spacial score (nSPS) is 11.5. The van der Waals surface area contributed by atoms with Gasteiger partial charge in [-0.2, -0.15) is 0 Å². The van der Waals surface area contributed by atoms with Crippen LogP contribution in [0.15, 0.2) is 24.4 Å². The molecule has 3 rings (SSSR count). The Morgan fingerprint density at radius 3 is 2.27 bits per heavy atom. The molecule has 0 atom stereocenters. The number of hydrogen-bond donors (Lipinski definition) is 0. The van der Waals surface area contributed by atoms with Gasteiger partial charge in [0.2, 0.25) is 0 Å². The SMILES string of the molecule is CCC(CC)Oc1cc(C)nc2c(-c3c(C)cc(Cl)cc3C)cn(C)c12. The van der Waals surface area contributed by atoms with Gasteiger partial charge in [-0.1, -0.05) is 25.4 Å². The summed E-state index contributed by atoms with van der Waals surface area (Å²) in [4.78, 5) is 4.86. The highest BCUT2D eigenvalue weighted by Gasteiger charge is 2.19. The van der Waals surface area contributed by atoms with Crippen molar-refractivity contribution in [3.05, 3.63) is 46.2 Å². The second kappa shape index (κ2) is 7.32. The minimum Gasteiger partial charge on any atom is -0.488 e. The number of pyridine rings is 1. The predicted molar refractivity (Wildman–Crippen MR) is 110 cm³/mol. The second-order valence-corrected chi connectivity index (χ2v) is 7.52. The van der Waals surface area contributed by atoms with E-state index in [1.807, 2.05) is 25.1 Å². The van der Waals surface area contributed by atoms with E-state index in [0.717, 1.165) is 57.0 Å². The zero-order valence-electron chi connectivity index (χ0n) is 16.5. The van der Waals surface area contributed by atoms with E-state index in [1.165, 1.54) is 5.56 Å². The Morgan fingerprint density at radius 2 is 1.69 bits per heavy atom. The molecule has 0 radical (unpaired) electrons. The monoisotopic (exact) mass is 370 g/mol. The fraction of sp³-hybridized carbons (Fsp3) is 0.409. The molecule has 138 valence electrons. The Kier molecular flexibility index (Phi) is 5.29. The lowest BCUT2D eigenvalue weighted by molar-refractivity contribution is 0.194. The van der Waals surface area contributed by atoms with Crippen LogP contribution in [0.4, 0.5) is 0 Å². The van der Waals surface area contributed by atoms with Crippen molar-refractivity contribution in [2.75, 3.05) is 0 Å². The van der Waals surface area contributed by atoms with Gasteiger partial charge in [0.15, 0.2) is 0 Å². The Morgan fingerprint density at radius 1 is 1.08 bits per heavy atom. The number of ether oxygens (including phenoxy) is 1. The summed E-state index contributed by atoms with van der Waals surface area (Å²) >= 11 is 6.23. The van der Waals surface area contributed by atoms with Crippen molar-refractivity contribution in [2.45, 2.75) is 53.6 Å². The molecule has 2 aromatic heterocycles. The van der Waals surface area contributed by atoms with Gasteiger partial charge in [0.1, 0.15) is 16.8 Å². The molecular formula is C22H27ClN2O. The number of hydrogen-bond acceptors (Lipinski definition) is 2. The van der Waals surface area contributed by atoms with E-state index in [9.17, 15) is 0 Å². The first-order valence-corrected chi connectivity index (χ1v) is 9.63. The molecular weight excluding hydrogens is 344 g/mol. The van der Waals surface area contributed by atoms with Crippen molar-refractivity contribution in [3.8, 4) is 16.9 Å². The highest BCUT2D eigenvalue weighted by atomic mass is 35.5. The van der Waals surface area contributed by atoms with Crippen molar-refractivity contribution >= 4 is 22.6 Å². The summed E-state index contributed by atoms with van der Waals surface area (Å²) in [5, 5.41) is 0.769. The topological polar surface area (TPSA) is 27.1 Å². The molecule has 0 N–H and O–H groups in total. The fourth-order valence-electron chi connectivity index (χ4n) is 3.73. The van der Waals surface area contributed by atoms with Gasteiger partial charge in [-0.25, -0.2) is 0 Å². The maximum atomic E-state index is 6.33. The summed E-state index contributed by atoms with van der Waals surface area (Å²) < 4.78 is 8.46. The largest absolute Gasteiger partial charge is 0.488 e. The quantitative estimate of drug-likeness (QED) is 0.520. The van der Waals surface area contributed by atoms with E-state index in [2.05, 4.69) is 45.5 Å². The summed E-state index contributed by atoms with van der Waals surface area (Å²) in [6.45, 7) is 10.6. The van der Waals surface area contributed by atoms with E-state index < -0.39 is 0 Å². The van der Waals surface area contributed by atoms with Gasteiger partial charge in [-0.3, -0.25) is 4.98 Å². The fourth-order valence-corrected chi connectivity index (χ4v) is 4.05. The molecule has 0 aliphatic rings. The highest BCUT2D eigenvalue weighted by Crippen LogP contribution is 2.38. The van der Waals surface area contributed by atoms with Gasteiger partial charge in [-0.15, -0.1) is 0 Å². The number of benzene rings is 1. The van der Waals surface area contributed by atoms with Crippen molar-refractivity contribution < 1.29 is 4.74 Å². The molecule has 0 unspecified atom stereocenters. The lowest BCUT2D eigenvalue weighted by Crippen LogP contribution is -2.14. The van der Waals surface area contributed by atoms with Crippen LogP contribution in [-0.2, 0) is 7.05 Å². The number of aryl methyl sites for hydroxylation is 4. The van der Waals surface area contributed by atoms with Gasteiger partial charge in [0.05, 0.1) is 6.10 Å². The Labute approximate surface area is 161 Å². The van der Waals surface area contributed by atoms with Gasteiger partial charge in [0.25, 0.3) is 0 Å². The van der Waals surface area contributed by atoms with Crippen LogP contribution < -0.4 is 4.74 Å². The van der Waals surface area contributed by atoms with Gasteiger partial charge >= 0.3 is 0 Å². The molecule has 2 heterocycles.